The van der Waals surface area contributed by atoms with Gasteiger partial charge in [0.2, 0.25) is 0 Å². The van der Waals surface area contributed by atoms with E-state index in [1.54, 1.807) is 0 Å². The Kier molecular flexibility index (Phi) is 9.26. The van der Waals surface area contributed by atoms with Gasteiger partial charge in [-0.3, -0.25) is 0 Å². The van der Waals surface area contributed by atoms with E-state index in [1.807, 2.05) is 13.8 Å². The molecule has 0 rings (SSSR count). The highest BCUT2D eigenvalue weighted by atomic mass is 28.2. The molecule has 0 aliphatic rings. The average Bonchev–Trinajstić information content (AvgIpc) is 2.10. The van der Waals surface area contributed by atoms with Crippen molar-refractivity contribution in [2.75, 3.05) is 19.8 Å². The molecule has 3 nitrogen and oxygen atoms in total. The normalized spacial score (nSPS) is 13.5. The first-order valence-electron chi connectivity index (χ1n) is 4.57. The summed E-state index contributed by atoms with van der Waals surface area (Å²) in [7, 11) is 0.740. The lowest BCUT2D eigenvalue weighted by Crippen LogP contribution is -2.16. The third-order valence-corrected chi connectivity index (χ3v) is 2.07. The molecule has 1 unspecified atom stereocenters. The molecule has 0 heterocycles. The van der Waals surface area contributed by atoms with Crippen LogP contribution in [0.1, 0.15) is 26.7 Å². The van der Waals surface area contributed by atoms with E-state index >= 15 is 0 Å². The van der Waals surface area contributed by atoms with Gasteiger partial charge in [-0.25, -0.2) is 0 Å². The van der Waals surface area contributed by atoms with Crippen molar-refractivity contribution in [1.82, 2.24) is 0 Å². The lowest BCUT2D eigenvalue weighted by Gasteiger charge is -2.15. The number of hydrogen-bond donors (Lipinski definition) is 0. The van der Waals surface area contributed by atoms with Gasteiger partial charge in [-0.15, -0.1) is 0 Å². The summed E-state index contributed by atoms with van der Waals surface area (Å²) in [6.45, 7) is 6.31. The van der Waals surface area contributed by atoms with Crippen LogP contribution < -0.4 is 0 Å². The number of rotatable bonds is 8. The molecular formula is C8H20O3Si. The minimum atomic E-state index is 0.00197. The zero-order valence-electron chi connectivity index (χ0n) is 8.34. The van der Waals surface area contributed by atoms with Crippen LogP contribution in [0.3, 0.4) is 0 Å². The van der Waals surface area contributed by atoms with Gasteiger partial charge >= 0.3 is 0 Å². The first kappa shape index (κ1) is 12.1. The molecule has 0 aliphatic heterocycles. The molecule has 0 aromatic heterocycles. The van der Waals surface area contributed by atoms with Crippen LogP contribution in [0.2, 0.25) is 0 Å². The van der Waals surface area contributed by atoms with E-state index in [4.69, 9.17) is 13.9 Å². The summed E-state index contributed by atoms with van der Waals surface area (Å²) >= 11 is 0. The Labute approximate surface area is 77.9 Å². The second-order valence-corrected chi connectivity index (χ2v) is 2.93. The van der Waals surface area contributed by atoms with Gasteiger partial charge in [0.15, 0.2) is 0 Å². The first-order chi connectivity index (χ1) is 5.85. The Morgan fingerprint density at radius 3 is 2.50 bits per heavy atom. The molecule has 1 atom stereocenters. The van der Waals surface area contributed by atoms with E-state index in [0.717, 1.165) is 43.1 Å². The highest BCUT2D eigenvalue weighted by Gasteiger charge is 2.04. The molecule has 12 heavy (non-hydrogen) atoms. The van der Waals surface area contributed by atoms with Crippen LogP contribution in [-0.4, -0.2) is 36.6 Å². The zero-order valence-corrected chi connectivity index (χ0v) is 10.3. The van der Waals surface area contributed by atoms with Crippen LogP contribution in [0.15, 0.2) is 0 Å². The summed E-state index contributed by atoms with van der Waals surface area (Å²) in [6, 6.07) is 0. The zero-order chi connectivity index (χ0) is 9.23. The average molecular weight is 192 g/mol. The molecular weight excluding hydrogens is 172 g/mol. The molecule has 0 radical (unpaired) electrons. The highest BCUT2D eigenvalue weighted by molar-refractivity contribution is 5.98. The van der Waals surface area contributed by atoms with Gasteiger partial charge in [0.25, 0.3) is 0 Å². The second-order valence-electron chi connectivity index (χ2n) is 2.46. The summed E-state index contributed by atoms with van der Waals surface area (Å²) in [5, 5.41) is 0. The van der Waals surface area contributed by atoms with Crippen molar-refractivity contribution in [3.63, 3.8) is 0 Å². The van der Waals surface area contributed by atoms with Crippen LogP contribution in [0.4, 0.5) is 0 Å². The molecule has 0 aliphatic carbocycles. The Morgan fingerprint density at radius 1 is 1.25 bits per heavy atom. The van der Waals surface area contributed by atoms with Gasteiger partial charge in [-0.05, 0) is 26.7 Å². The fourth-order valence-electron chi connectivity index (χ4n) is 0.952. The van der Waals surface area contributed by atoms with Crippen LogP contribution in [0.25, 0.3) is 0 Å². The predicted octanol–water partition coefficient (Wildman–Crippen LogP) is 0.463. The molecule has 0 spiro atoms. The smallest absolute Gasteiger partial charge is 0.149 e. The van der Waals surface area contributed by atoms with Crippen molar-refractivity contribution in [2.24, 2.45) is 0 Å². The molecule has 0 amide bonds. The maximum Gasteiger partial charge on any atom is 0.149 e. The Bertz CT molecular complexity index is 90.4. The SMILES string of the molecule is CCOCCCC(O[SiH3])OCC. The molecule has 74 valence electrons. The molecule has 0 saturated carbocycles. The molecule has 0 N–H and O–H groups in total. The van der Waals surface area contributed by atoms with Crippen molar-refractivity contribution in [3.05, 3.63) is 0 Å². The van der Waals surface area contributed by atoms with Gasteiger partial charge in [-0.2, -0.15) is 0 Å². The third-order valence-electron chi connectivity index (χ3n) is 1.55. The molecule has 0 fully saturated rings. The van der Waals surface area contributed by atoms with E-state index < -0.39 is 0 Å². The van der Waals surface area contributed by atoms with Gasteiger partial charge in [0, 0.05) is 19.8 Å². The predicted molar refractivity (Wildman–Crippen MR) is 52.2 cm³/mol. The standard InChI is InChI=1S/C8H20O3Si/c1-3-9-7-5-6-8(11-12)10-4-2/h8H,3-7H2,1-2,12H3. The summed E-state index contributed by atoms with van der Waals surface area (Å²) in [5.74, 6) is 0. The minimum absolute atomic E-state index is 0.00197. The minimum Gasteiger partial charge on any atom is -0.404 e. The van der Waals surface area contributed by atoms with Crippen LogP contribution >= 0.6 is 0 Å². The fraction of sp³-hybridized carbons (Fsp3) is 1.00. The van der Waals surface area contributed by atoms with Crippen molar-refractivity contribution in [2.45, 2.75) is 33.0 Å². The van der Waals surface area contributed by atoms with Gasteiger partial charge in [0.1, 0.15) is 16.8 Å². The Balaban J connectivity index is 3.19. The van der Waals surface area contributed by atoms with Crippen LogP contribution in [-0.2, 0) is 13.9 Å². The van der Waals surface area contributed by atoms with Crippen LogP contribution in [0.5, 0.6) is 0 Å². The maximum atomic E-state index is 5.33. The maximum absolute atomic E-state index is 5.33. The van der Waals surface area contributed by atoms with E-state index in [9.17, 15) is 0 Å². The number of hydrogen-bond acceptors (Lipinski definition) is 3. The third kappa shape index (κ3) is 6.79. The lowest BCUT2D eigenvalue weighted by molar-refractivity contribution is -0.0796. The molecule has 0 aromatic carbocycles. The van der Waals surface area contributed by atoms with Crippen molar-refractivity contribution >= 4 is 10.5 Å². The van der Waals surface area contributed by atoms with Crippen molar-refractivity contribution < 1.29 is 13.9 Å². The summed E-state index contributed by atoms with van der Waals surface area (Å²) in [4.78, 5) is 0. The lowest BCUT2D eigenvalue weighted by atomic mass is 10.3. The number of ether oxygens (including phenoxy) is 2. The second kappa shape index (κ2) is 9.19. The van der Waals surface area contributed by atoms with Crippen LogP contribution in [0, 0.1) is 0 Å². The first-order valence-corrected chi connectivity index (χ1v) is 5.38. The molecule has 4 heteroatoms. The highest BCUT2D eigenvalue weighted by Crippen LogP contribution is 2.02. The topological polar surface area (TPSA) is 27.7 Å². The summed E-state index contributed by atoms with van der Waals surface area (Å²) in [5.41, 5.74) is 0. The van der Waals surface area contributed by atoms with E-state index in [-0.39, 0.29) is 6.29 Å². The molecule has 0 aromatic rings. The molecule has 0 saturated heterocycles. The quantitative estimate of drug-likeness (QED) is 0.318. The van der Waals surface area contributed by atoms with E-state index in [0.29, 0.717) is 0 Å². The van der Waals surface area contributed by atoms with Gasteiger partial charge in [0.05, 0.1) is 0 Å². The largest absolute Gasteiger partial charge is 0.404 e. The van der Waals surface area contributed by atoms with Gasteiger partial charge in [-0.1, -0.05) is 0 Å². The monoisotopic (exact) mass is 192 g/mol. The van der Waals surface area contributed by atoms with Gasteiger partial charge < -0.3 is 13.9 Å². The summed E-state index contributed by atoms with van der Waals surface area (Å²) in [6.07, 6.45) is 1.96. The summed E-state index contributed by atoms with van der Waals surface area (Å²) < 4.78 is 15.8. The van der Waals surface area contributed by atoms with E-state index in [2.05, 4.69) is 0 Å². The Morgan fingerprint density at radius 2 is 2.00 bits per heavy atom. The van der Waals surface area contributed by atoms with E-state index in [1.165, 1.54) is 0 Å². The molecule has 0 bridgehead atoms. The van der Waals surface area contributed by atoms with Crippen molar-refractivity contribution in [1.29, 1.82) is 0 Å². The Hall–Kier alpha value is 0.0969. The van der Waals surface area contributed by atoms with Crippen molar-refractivity contribution in [3.8, 4) is 0 Å². The fourth-order valence-corrected chi connectivity index (χ4v) is 1.32.